The molecule has 2 fully saturated rings. The van der Waals surface area contributed by atoms with Crippen LogP contribution >= 0.6 is 0 Å². The Hall–Kier alpha value is -0.0151. The highest BCUT2D eigenvalue weighted by molar-refractivity contribution is 6.04. The molecule has 1 atom stereocenters. The summed E-state index contributed by atoms with van der Waals surface area (Å²) < 4.78 is 0. The van der Waals surface area contributed by atoms with Crippen molar-refractivity contribution in [3.8, 4) is 0 Å². The molecule has 1 unspecified atom stereocenters. The summed E-state index contributed by atoms with van der Waals surface area (Å²) in [7, 11) is 5.88. The largest absolute Gasteiger partial charge is 0.353 e. The maximum Gasteiger partial charge on any atom is 0.182 e. The van der Waals surface area contributed by atoms with Gasteiger partial charge >= 0.3 is 0 Å². The van der Waals surface area contributed by atoms with Crippen molar-refractivity contribution in [3.63, 3.8) is 0 Å². The number of piperidine rings is 2. The fourth-order valence-electron chi connectivity index (χ4n) is 3.84. The molecular formula is C15H29BN2. The summed E-state index contributed by atoms with van der Waals surface area (Å²) in [5.41, 5.74) is 0.636. The molecule has 2 aliphatic rings. The molecule has 2 heterocycles. The molecule has 2 aliphatic heterocycles. The smallest absolute Gasteiger partial charge is 0.182 e. The first-order chi connectivity index (χ1) is 8.69. The lowest BCUT2D eigenvalue weighted by atomic mass is 9.70. The van der Waals surface area contributed by atoms with Crippen molar-refractivity contribution in [1.82, 2.24) is 9.71 Å². The molecule has 0 saturated carbocycles. The minimum Gasteiger partial charge on any atom is -0.353 e. The minimum atomic E-state index is 0.636. The minimum absolute atomic E-state index is 0.636. The second kappa shape index (κ2) is 6.43. The zero-order valence-electron chi connectivity index (χ0n) is 12.3. The molecular weight excluding hydrogens is 219 g/mol. The highest BCUT2D eigenvalue weighted by atomic mass is 15.2. The highest BCUT2D eigenvalue weighted by Crippen LogP contribution is 2.41. The molecule has 0 N–H and O–H groups in total. The van der Waals surface area contributed by atoms with Gasteiger partial charge in [0.25, 0.3) is 0 Å². The Morgan fingerprint density at radius 3 is 2.06 bits per heavy atom. The first-order valence-corrected chi connectivity index (χ1v) is 7.93. The third kappa shape index (κ3) is 3.30. The van der Waals surface area contributed by atoms with Crippen LogP contribution in [0.15, 0.2) is 0 Å². The molecule has 2 rings (SSSR count). The van der Waals surface area contributed by atoms with Crippen LogP contribution in [0, 0.1) is 5.41 Å². The van der Waals surface area contributed by atoms with E-state index >= 15 is 0 Å². The molecule has 0 aromatic rings. The van der Waals surface area contributed by atoms with E-state index in [1.807, 2.05) is 4.81 Å². The van der Waals surface area contributed by atoms with Crippen molar-refractivity contribution in [2.24, 2.45) is 5.41 Å². The van der Waals surface area contributed by atoms with Crippen LogP contribution in [-0.2, 0) is 0 Å². The van der Waals surface area contributed by atoms with Gasteiger partial charge in [-0.25, -0.2) is 0 Å². The third-order valence-corrected chi connectivity index (χ3v) is 5.33. The SMILES string of the molecule is [B]N1CCC2(CC1)CCN(C(CC)CCC)CC2. The van der Waals surface area contributed by atoms with Gasteiger partial charge in [0.15, 0.2) is 7.98 Å². The molecule has 2 nitrogen and oxygen atoms in total. The average Bonchev–Trinajstić information content (AvgIpc) is 2.41. The lowest BCUT2D eigenvalue weighted by Gasteiger charge is -2.48. The van der Waals surface area contributed by atoms with Crippen molar-refractivity contribution in [1.29, 1.82) is 0 Å². The summed E-state index contributed by atoms with van der Waals surface area (Å²) in [6.07, 6.45) is 9.46. The van der Waals surface area contributed by atoms with Gasteiger partial charge in [0.2, 0.25) is 0 Å². The van der Waals surface area contributed by atoms with Gasteiger partial charge in [-0.15, -0.1) is 0 Å². The van der Waals surface area contributed by atoms with Crippen molar-refractivity contribution in [3.05, 3.63) is 0 Å². The predicted octanol–water partition coefficient (Wildman–Crippen LogP) is 2.83. The van der Waals surface area contributed by atoms with Crippen LogP contribution in [0.4, 0.5) is 0 Å². The zero-order chi connectivity index (χ0) is 13.0. The first-order valence-electron chi connectivity index (χ1n) is 7.93. The number of rotatable bonds is 4. The van der Waals surface area contributed by atoms with E-state index in [9.17, 15) is 0 Å². The molecule has 2 radical (unpaired) electrons. The number of nitrogens with zero attached hydrogens (tertiary/aromatic N) is 2. The van der Waals surface area contributed by atoms with Crippen LogP contribution in [0.2, 0.25) is 0 Å². The van der Waals surface area contributed by atoms with Crippen LogP contribution in [0.3, 0.4) is 0 Å². The van der Waals surface area contributed by atoms with Crippen molar-refractivity contribution in [2.75, 3.05) is 26.2 Å². The van der Waals surface area contributed by atoms with E-state index in [-0.39, 0.29) is 0 Å². The van der Waals surface area contributed by atoms with Crippen LogP contribution in [0.25, 0.3) is 0 Å². The summed E-state index contributed by atoms with van der Waals surface area (Å²) in [5, 5.41) is 0. The summed E-state index contributed by atoms with van der Waals surface area (Å²) >= 11 is 0. The predicted molar refractivity (Wildman–Crippen MR) is 78.8 cm³/mol. The standard InChI is InChI=1S/C15H29BN2/c1-3-5-14(4-2)17-10-6-15(7-11-17)8-12-18(16)13-9-15/h14H,3-13H2,1-2H3. The number of hydrogen-bond acceptors (Lipinski definition) is 2. The number of likely N-dealkylation sites (tertiary alicyclic amines) is 1. The summed E-state index contributed by atoms with van der Waals surface area (Å²) in [5.74, 6) is 0. The Balaban J connectivity index is 1.83. The maximum atomic E-state index is 5.88. The quantitative estimate of drug-likeness (QED) is 0.706. The summed E-state index contributed by atoms with van der Waals surface area (Å²) in [6.45, 7) is 9.51. The van der Waals surface area contributed by atoms with Gasteiger partial charge in [0, 0.05) is 6.04 Å². The van der Waals surface area contributed by atoms with E-state index in [0.29, 0.717) is 5.41 Å². The summed E-state index contributed by atoms with van der Waals surface area (Å²) in [6, 6.07) is 0.835. The molecule has 1 spiro atoms. The van der Waals surface area contributed by atoms with E-state index in [1.54, 1.807) is 0 Å². The lowest BCUT2D eigenvalue weighted by Crippen LogP contribution is -2.48. The lowest BCUT2D eigenvalue weighted by molar-refractivity contribution is 0.0336. The maximum absolute atomic E-state index is 5.88. The Kier molecular flexibility index (Phi) is 5.14. The fraction of sp³-hybridized carbons (Fsp3) is 1.00. The van der Waals surface area contributed by atoms with Gasteiger partial charge in [-0.1, -0.05) is 20.3 Å². The van der Waals surface area contributed by atoms with Gasteiger partial charge in [-0.05, 0) is 70.1 Å². The first kappa shape index (κ1) is 14.4. The molecule has 0 aliphatic carbocycles. The molecule has 2 saturated heterocycles. The average molecular weight is 248 g/mol. The zero-order valence-corrected chi connectivity index (χ0v) is 12.3. The van der Waals surface area contributed by atoms with Crippen LogP contribution in [-0.4, -0.2) is 49.9 Å². The molecule has 0 amide bonds. The monoisotopic (exact) mass is 248 g/mol. The molecule has 18 heavy (non-hydrogen) atoms. The second-order valence-corrected chi connectivity index (χ2v) is 6.42. The van der Waals surface area contributed by atoms with Crippen molar-refractivity contribution in [2.45, 2.75) is 64.8 Å². The van der Waals surface area contributed by atoms with E-state index in [0.717, 1.165) is 19.1 Å². The Bertz CT molecular complexity index is 239. The van der Waals surface area contributed by atoms with Gasteiger partial charge in [-0.2, -0.15) is 0 Å². The molecule has 0 aromatic heterocycles. The Labute approximate surface area is 115 Å². The van der Waals surface area contributed by atoms with Crippen LogP contribution in [0.5, 0.6) is 0 Å². The summed E-state index contributed by atoms with van der Waals surface area (Å²) in [4.78, 5) is 4.76. The Morgan fingerprint density at radius 1 is 1.00 bits per heavy atom. The van der Waals surface area contributed by atoms with Gasteiger partial charge < -0.3 is 9.71 Å². The Morgan fingerprint density at radius 2 is 1.56 bits per heavy atom. The normalized spacial score (nSPS) is 27.4. The van der Waals surface area contributed by atoms with Crippen LogP contribution < -0.4 is 0 Å². The van der Waals surface area contributed by atoms with E-state index in [2.05, 4.69) is 18.7 Å². The molecule has 3 heteroatoms. The van der Waals surface area contributed by atoms with Crippen molar-refractivity contribution >= 4 is 7.98 Å². The van der Waals surface area contributed by atoms with Gasteiger partial charge in [-0.3, -0.25) is 0 Å². The highest BCUT2D eigenvalue weighted by Gasteiger charge is 2.37. The van der Waals surface area contributed by atoms with Crippen molar-refractivity contribution < 1.29 is 0 Å². The fourth-order valence-corrected chi connectivity index (χ4v) is 3.84. The topological polar surface area (TPSA) is 6.48 Å². The van der Waals surface area contributed by atoms with E-state index in [4.69, 9.17) is 7.98 Å². The molecule has 102 valence electrons. The third-order valence-electron chi connectivity index (χ3n) is 5.33. The van der Waals surface area contributed by atoms with Gasteiger partial charge in [0.1, 0.15) is 0 Å². The second-order valence-electron chi connectivity index (χ2n) is 6.42. The van der Waals surface area contributed by atoms with E-state index < -0.39 is 0 Å². The molecule has 0 aromatic carbocycles. The van der Waals surface area contributed by atoms with Crippen LogP contribution in [0.1, 0.15) is 58.8 Å². The number of hydrogen-bond donors (Lipinski definition) is 0. The van der Waals surface area contributed by atoms with E-state index in [1.165, 1.54) is 58.0 Å². The molecule has 0 bridgehead atoms. The van der Waals surface area contributed by atoms with Gasteiger partial charge in [0.05, 0.1) is 0 Å².